The van der Waals surface area contributed by atoms with Gasteiger partial charge in [0.15, 0.2) is 0 Å². The summed E-state index contributed by atoms with van der Waals surface area (Å²) in [6.07, 6.45) is 0.949. The largest absolute Gasteiger partial charge is 0.352 e. The molecule has 1 N–H and O–H groups in total. The molecule has 2 atom stereocenters. The number of rotatable bonds is 13. The van der Waals surface area contributed by atoms with E-state index in [1.54, 1.807) is 54.6 Å². The van der Waals surface area contributed by atoms with E-state index in [4.69, 9.17) is 11.6 Å². The number of benzene rings is 4. The molecule has 0 heterocycles. The lowest BCUT2D eigenvalue weighted by atomic mass is 10.0. The van der Waals surface area contributed by atoms with Crippen molar-refractivity contribution in [2.45, 2.75) is 71.0 Å². The molecule has 2 amide bonds. The van der Waals surface area contributed by atoms with Crippen molar-refractivity contribution in [1.82, 2.24) is 10.2 Å². The van der Waals surface area contributed by atoms with Gasteiger partial charge in [0, 0.05) is 24.0 Å². The van der Waals surface area contributed by atoms with Crippen LogP contribution in [-0.2, 0) is 32.6 Å². The number of aryl methyl sites for hydroxylation is 2. The second kappa shape index (κ2) is 15.4. The van der Waals surface area contributed by atoms with E-state index in [0.717, 1.165) is 27.8 Å². The van der Waals surface area contributed by atoms with Gasteiger partial charge in [0.2, 0.25) is 11.8 Å². The van der Waals surface area contributed by atoms with E-state index < -0.39 is 28.5 Å². The molecule has 0 unspecified atom stereocenters. The van der Waals surface area contributed by atoms with Gasteiger partial charge in [-0.2, -0.15) is 0 Å². The van der Waals surface area contributed by atoms with Gasteiger partial charge < -0.3 is 10.2 Å². The van der Waals surface area contributed by atoms with E-state index in [9.17, 15) is 18.0 Å². The first kappa shape index (κ1) is 34.7. The van der Waals surface area contributed by atoms with Crippen molar-refractivity contribution >= 4 is 39.1 Å². The number of carbonyl (C=O) groups excluding carboxylic acids is 2. The summed E-state index contributed by atoms with van der Waals surface area (Å²) in [6.45, 7) is 9.06. The maximum Gasteiger partial charge on any atom is 0.264 e. The van der Waals surface area contributed by atoms with Crippen LogP contribution >= 0.6 is 11.6 Å². The Morgan fingerprint density at radius 1 is 0.848 bits per heavy atom. The van der Waals surface area contributed by atoms with Crippen LogP contribution in [0.2, 0.25) is 5.02 Å². The molecule has 0 saturated heterocycles. The van der Waals surface area contributed by atoms with Crippen molar-refractivity contribution in [3.05, 3.63) is 130 Å². The fourth-order valence-electron chi connectivity index (χ4n) is 5.18. The number of nitrogens with one attached hydrogen (secondary N) is 1. The highest BCUT2D eigenvalue weighted by Gasteiger charge is 2.35. The molecule has 0 bridgehead atoms. The average molecular weight is 660 g/mol. The standard InChI is InChI=1S/C37H42ClN3O4S/c1-6-28(4)39-37(43)35(23-30-13-8-7-9-14-30)40(24-31-15-11-16-32(38)22-31)36(42)25-41(34-17-10-12-27(3)29(34)5)46(44,45)33-20-18-26(2)19-21-33/h7-22,28,35H,6,23-25H2,1-5H3,(H,39,43)/t28-,35+/m1/s1. The monoisotopic (exact) mass is 659 g/mol. The zero-order valence-electron chi connectivity index (χ0n) is 27.0. The molecule has 4 aromatic rings. The summed E-state index contributed by atoms with van der Waals surface area (Å²) in [7, 11) is -4.18. The van der Waals surface area contributed by atoms with Gasteiger partial charge >= 0.3 is 0 Å². The predicted molar refractivity (Wildman–Crippen MR) is 185 cm³/mol. The van der Waals surface area contributed by atoms with Crippen LogP contribution < -0.4 is 9.62 Å². The lowest BCUT2D eigenvalue weighted by molar-refractivity contribution is -0.140. The maximum atomic E-state index is 14.6. The molecule has 9 heteroatoms. The number of halogens is 1. The van der Waals surface area contributed by atoms with Crippen LogP contribution in [0.25, 0.3) is 0 Å². The molecule has 0 radical (unpaired) electrons. The topological polar surface area (TPSA) is 86.8 Å². The van der Waals surface area contributed by atoms with Gasteiger partial charge in [-0.25, -0.2) is 8.42 Å². The van der Waals surface area contributed by atoms with Crippen LogP contribution in [-0.4, -0.2) is 43.8 Å². The fourth-order valence-corrected chi connectivity index (χ4v) is 6.87. The van der Waals surface area contributed by atoms with Gasteiger partial charge in [-0.05, 0) is 86.7 Å². The third kappa shape index (κ3) is 8.56. The molecule has 0 aliphatic carbocycles. The first-order chi connectivity index (χ1) is 21.9. The molecule has 0 saturated carbocycles. The number of hydrogen-bond donors (Lipinski definition) is 1. The number of carbonyl (C=O) groups is 2. The first-order valence-corrected chi connectivity index (χ1v) is 17.3. The Balaban J connectivity index is 1.84. The predicted octanol–water partition coefficient (Wildman–Crippen LogP) is 7.02. The Kier molecular flexibility index (Phi) is 11.7. The van der Waals surface area contributed by atoms with Gasteiger partial charge in [-0.1, -0.05) is 90.8 Å². The van der Waals surface area contributed by atoms with Gasteiger partial charge in [0.1, 0.15) is 12.6 Å². The minimum Gasteiger partial charge on any atom is -0.352 e. The van der Waals surface area contributed by atoms with E-state index in [0.29, 0.717) is 17.1 Å². The molecule has 0 fully saturated rings. The van der Waals surface area contributed by atoms with Crippen molar-refractivity contribution in [3.63, 3.8) is 0 Å². The summed E-state index contributed by atoms with van der Waals surface area (Å²) in [6, 6.07) is 27.5. The normalized spacial score (nSPS) is 12.7. The Labute approximate surface area is 278 Å². The Morgan fingerprint density at radius 2 is 1.50 bits per heavy atom. The number of anilines is 1. The van der Waals surface area contributed by atoms with E-state index in [1.807, 2.05) is 77.1 Å². The van der Waals surface area contributed by atoms with Crippen LogP contribution in [0.1, 0.15) is 48.1 Å². The lowest BCUT2D eigenvalue weighted by Gasteiger charge is -2.34. The molecule has 0 aliphatic rings. The molecule has 0 spiro atoms. The van der Waals surface area contributed by atoms with Crippen LogP contribution in [0.3, 0.4) is 0 Å². The Hall–Kier alpha value is -4.14. The van der Waals surface area contributed by atoms with Crippen molar-refractivity contribution in [2.75, 3.05) is 10.8 Å². The third-order valence-corrected chi connectivity index (χ3v) is 10.3. The molecular formula is C37H42ClN3O4S. The molecule has 4 rings (SSSR count). The summed E-state index contributed by atoms with van der Waals surface area (Å²) in [5.74, 6) is -0.829. The Bertz CT molecular complexity index is 1760. The number of sulfonamides is 1. The molecular weight excluding hydrogens is 618 g/mol. The summed E-state index contributed by atoms with van der Waals surface area (Å²) in [4.78, 5) is 30.2. The lowest BCUT2D eigenvalue weighted by Crippen LogP contribution is -2.54. The quantitative estimate of drug-likeness (QED) is 0.167. The zero-order chi connectivity index (χ0) is 33.4. The molecule has 0 aromatic heterocycles. The number of hydrogen-bond acceptors (Lipinski definition) is 4. The summed E-state index contributed by atoms with van der Waals surface area (Å²) < 4.78 is 29.8. The summed E-state index contributed by atoms with van der Waals surface area (Å²) in [5.41, 5.74) is 4.53. The second-order valence-corrected chi connectivity index (χ2v) is 14.0. The van der Waals surface area contributed by atoms with Gasteiger partial charge in [-0.15, -0.1) is 0 Å². The van der Waals surface area contributed by atoms with E-state index in [2.05, 4.69) is 5.32 Å². The Morgan fingerprint density at radius 3 is 2.15 bits per heavy atom. The van der Waals surface area contributed by atoms with E-state index >= 15 is 0 Å². The zero-order valence-corrected chi connectivity index (χ0v) is 28.6. The fraction of sp³-hybridized carbons (Fsp3) is 0.297. The second-order valence-electron chi connectivity index (χ2n) is 11.7. The average Bonchev–Trinajstić information content (AvgIpc) is 3.03. The molecule has 242 valence electrons. The summed E-state index contributed by atoms with van der Waals surface area (Å²) >= 11 is 6.33. The van der Waals surface area contributed by atoms with Crippen molar-refractivity contribution in [2.24, 2.45) is 0 Å². The van der Waals surface area contributed by atoms with Crippen molar-refractivity contribution < 1.29 is 18.0 Å². The van der Waals surface area contributed by atoms with Crippen LogP contribution in [0.15, 0.2) is 102 Å². The van der Waals surface area contributed by atoms with Crippen LogP contribution in [0.4, 0.5) is 5.69 Å². The molecule has 4 aromatic carbocycles. The van der Waals surface area contributed by atoms with Crippen molar-refractivity contribution in [3.8, 4) is 0 Å². The first-order valence-electron chi connectivity index (χ1n) is 15.4. The molecule has 7 nitrogen and oxygen atoms in total. The maximum absolute atomic E-state index is 14.6. The van der Waals surface area contributed by atoms with Crippen molar-refractivity contribution in [1.29, 1.82) is 0 Å². The SMILES string of the molecule is CC[C@@H](C)NC(=O)[C@H](Cc1ccccc1)N(Cc1cccc(Cl)c1)C(=O)CN(c1cccc(C)c1C)S(=O)(=O)c1ccc(C)cc1. The third-order valence-electron chi connectivity index (χ3n) is 8.25. The smallest absolute Gasteiger partial charge is 0.264 e. The highest BCUT2D eigenvalue weighted by Crippen LogP contribution is 2.29. The van der Waals surface area contributed by atoms with Gasteiger partial charge in [-0.3, -0.25) is 13.9 Å². The van der Waals surface area contributed by atoms with E-state index in [-0.39, 0.29) is 29.8 Å². The van der Waals surface area contributed by atoms with Gasteiger partial charge in [0.25, 0.3) is 10.0 Å². The van der Waals surface area contributed by atoms with Crippen LogP contribution in [0, 0.1) is 20.8 Å². The summed E-state index contributed by atoms with van der Waals surface area (Å²) in [5, 5.41) is 3.55. The highest BCUT2D eigenvalue weighted by atomic mass is 35.5. The molecule has 46 heavy (non-hydrogen) atoms. The number of nitrogens with zero attached hydrogens (tertiary/aromatic N) is 2. The van der Waals surface area contributed by atoms with Crippen LogP contribution in [0.5, 0.6) is 0 Å². The minimum atomic E-state index is -4.18. The molecule has 0 aliphatic heterocycles. The highest BCUT2D eigenvalue weighted by molar-refractivity contribution is 7.92. The van der Waals surface area contributed by atoms with E-state index in [1.165, 1.54) is 9.21 Å². The minimum absolute atomic E-state index is 0.0516. The number of amides is 2. The van der Waals surface area contributed by atoms with Gasteiger partial charge in [0.05, 0.1) is 10.6 Å².